The predicted octanol–water partition coefficient (Wildman–Crippen LogP) is 3.29. The lowest BCUT2D eigenvalue weighted by atomic mass is 10.2. The lowest BCUT2D eigenvalue weighted by Crippen LogP contribution is -2.34. The summed E-state index contributed by atoms with van der Waals surface area (Å²) >= 11 is 1.55. The minimum atomic E-state index is 0.159. The van der Waals surface area contributed by atoms with Gasteiger partial charge in [-0.15, -0.1) is 11.3 Å². The number of carbonyl (C=O) groups excluding carboxylic acids is 1. The average Bonchev–Trinajstić information content (AvgIpc) is 3.10. The molecular formula is C20H24N4OS. The molecule has 0 radical (unpaired) electrons. The van der Waals surface area contributed by atoms with E-state index in [2.05, 4.69) is 40.3 Å². The van der Waals surface area contributed by atoms with Crippen LogP contribution in [0.1, 0.15) is 27.3 Å². The highest BCUT2D eigenvalue weighted by molar-refractivity contribution is 7.20. The predicted molar refractivity (Wildman–Crippen MR) is 106 cm³/mol. The van der Waals surface area contributed by atoms with E-state index in [9.17, 15) is 4.79 Å². The van der Waals surface area contributed by atoms with Crippen LogP contribution in [-0.4, -0.2) is 51.7 Å². The Morgan fingerprint density at radius 3 is 2.73 bits per heavy atom. The van der Waals surface area contributed by atoms with Gasteiger partial charge in [0.15, 0.2) is 0 Å². The van der Waals surface area contributed by atoms with Gasteiger partial charge in [0.2, 0.25) is 0 Å². The van der Waals surface area contributed by atoms with Gasteiger partial charge in [-0.2, -0.15) is 5.10 Å². The van der Waals surface area contributed by atoms with E-state index in [0.29, 0.717) is 0 Å². The number of aryl methyl sites for hydroxylation is 2. The number of hydrogen-bond donors (Lipinski definition) is 0. The average molecular weight is 369 g/mol. The minimum absolute atomic E-state index is 0.159. The third-order valence-corrected chi connectivity index (χ3v) is 6.22. The van der Waals surface area contributed by atoms with Crippen molar-refractivity contribution < 1.29 is 4.79 Å². The fourth-order valence-corrected chi connectivity index (χ4v) is 4.73. The maximum atomic E-state index is 13.0. The Morgan fingerprint density at radius 1 is 1.15 bits per heavy atom. The first-order valence-corrected chi connectivity index (χ1v) is 9.92. The van der Waals surface area contributed by atoms with Gasteiger partial charge in [-0.3, -0.25) is 14.4 Å². The molecule has 136 valence electrons. The first kappa shape index (κ1) is 17.2. The quantitative estimate of drug-likeness (QED) is 0.712. The van der Waals surface area contributed by atoms with Crippen molar-refractivity contribution in [3.05, 3.63) is 52.5 Å². The van der Waals surface area contributed by atoms with E-state index in [-0.39, 0.29) is 5.91 Å². The third-order valence-electron chi connectivity index (χ3n) is 5.03. The molecule has 1 aromatic carbocycles. The molecule has 4 rings (SSSR count). The Hall–Kier alpha value is -2.18. The van der Waals surface area contributed by atoms with Crippen LogP contribution >= 0.6 is 11.3 Å². The summed E-state index contributed by atoms with van der Waals surface area (Å²) in [6.45, 7) is 6.53. The lowest BCUT2D eigenvalue weighted by molar-refractivity contribution is 0.0766. The molecule has 1 saturated heterocycles. The van der Waals surface area contributed by atoms with Crippen LogP contribution in [0.5, 0.6) is 0 Å². The summed E-state index contributed by atoms with van der Waals surface area (Å²) in [6, 6.07) is 12.6. The van der Waals surface area contributed by atoms with E-state index < -0.39 is 0 Å². The number of fused-ring (bicyclic) bond motifs is 1. The molecule has 5 nitrogen and oxygen atoms in total. The van der Waals surface area contributed by atoms with Gasteiger partial charge in [0.05, 0.1) is 10.6 Å². The zero-order valence-corrected chi connectivity index (χ0v) is 16.1. The lowest BCUT2D eigenvalue weighted by Gasteiger charge is -2.21. The van der Waals surface area contributed by atoms with Gasteiger partial charge in [0.1, 0.15) is 4.83 Å². The molecule has 0 spiro atoms. The molecule has 1 amide bonds. The Balaban J connectivity index is 1.44. The van der Waals surface area contributed by atoms with E-state index in [0.717, 1.165) is 59.9 Å². The molecule has 26 heavy (non-hydrogen) atoms. The first-order chi connectivity index (χ1) is 12.6. The highest BCUT2D eigenvalue weighted by Gasteiger charge is 2.23. The molecule has 0 atom stereocenters. The van der Waals surface area contributed by atoms with Crippen molar-refractivity contribution in [3.8, 4) is 0 Å². The van der Waals surface area contributed by atoms with Gasteiger partial charge >= 0.3 is 0 Å². The van der Waals surface area contributed by atoms with Crippen molar-refractivity contribution in [1.82, 2.24) is 19.6 Å². The summed E-state index contributed by atoms with van der Waals surface area (Å²) < 4.78 is 1.87. The molecule has 1 fully saturated rings. The fraction of sp³-hybridized carbons (Fsp3) is 0.400. The summed E-state index contributed by atoms with van der Waals surface area (Å²) in [6.07, 6.45) is 1.02. The first-order valence-electron chi connectivity index (χ1n) is 9.10. The summed E-state index contributed by atoms with van der Waals surface area (Å²) in [5.74, 6) is 0.159. The van der Waals surface area contributed by atoms with E-state index in [4.69, 9.17) is 0 Å². The van der Waals surface area contributed by atoms with Gasteiger partial charge in [0.25, 0.3) is 5.91 Å². The Morgan fingerprint density at radius 2 is 1.96 bits per heavy atom. The molecule has 1 aliphatic heterocycles. The van der Waals surface area contributed by atoms with Crippen molar-refractivity contribution in [2.45, 2.75) is 19.9 Å². The molecule has 0 bridgehead atoms. The maximum Gasteiger partial charge on any atom is 0.264 e. The SMILES string of the molecule is Cc1nn(C)c2sc(C(=O)N3CCCN(Cc4ccccc4)CC3)cc12. The van der Waals surface area contributed by atoms with E-state index in [1.54, 1.807) is 11.3 Å². The molecule has 3 heterocycles. The number of amides is 1. The van der Waals surface area contributed by atoms with Gasteiger partial charge in [0, 0.05) is 45.2 Å². The van der Waals surface area contributed by atoms with Gasteiger partial charge in [-0.1, -0.05) is 30.3 Å². The number of carbonyl (C=O) groups is 1. The van der Waals surface area contributed by atoms with Crippen LogP contribution in [0.2, 0.25) is 0 Å². The van der Waals surface area contributed by atoms with Gasteiger partial charge in [-0.25, -0.2) is 0 Å². The molecule has 2 aromatic heterocycles. The van der Waals surface area contributed by atoms with Crippen molar-refractivity contribution in [2.24, 2.45) is 7.05 Å². The van der Waals surface area contributed by atoms with Gasteiger partial charge in [-0.05, 0) is 25.0 Å². The fourth-order valence-electron chi connectivity index (χ4n) is 3.64. The highest BCUT2D eigenvalue weighted by atomic mass is 32.1. The molecule has 0 unspecified atom stereocenters. The zero-order valence-electron chi connectivity index (χ0n) is 15.3. The largest absolute Gasteiger partial charge is 0.337 e. The van der Waals surface area contributed by atoms with Crippen LogP contribution in [0, 0.1) is 6.92 Å². The standard InChI is InChI=1S/C20H24N4OS/c1-15-17-13-18(26-20(17)22(2)21-15)19(25)24-10-6-9-23(11-12-24)14-16-7-4-3-5-8-16/h3-5,7-8,13H,6,9-12,14H2,1-2H3. The number of nitrogens with zero attached hydrogens (tertiary/aromatic N) is 4. The molecule has 6 heteroatoms. The Kier molecular flexibility index (Phi) is 4.78. The van der Waals surface area contributed by atoms with Crippen molar-refractivity contribution in [3.63, 3.8) is 0 Å². The molecule has 1 aliphatic rings. The molecule has 0 saturated carbocycles. The normalized spacial score (nSPS) is 16.2. The smallest absolute Gasteiger partial charge is 0.264 e. The topological polar surface area (TPSA) is 41.4 Å². The summed E-state index contributed by atoms with van der Waals surface area (Å²) in [7, 11) is 1.94. The highest BCUT2D eigenvalue weighted by Crippen LogP contribution is 2.28. The zero-order chi connectivity index (χ0) is 18.1. The van der Waals surface area contributed by atoms with Crippen molar-refractivity contribution in [1.29, 1.82) is 0 Å². The van der Waals surface area contributed by atoms with E-state index in [1.165, 1.54) is 5.56 Å². The van der Waals surface area contributed by atoms with E-state index in [1.807, 2.05) is 29.6 Å². The molecule has 0 N–H and O–H groups in total. The molecule has 0 aliphatic carbocycles. The summed E-state index contributed by atoms with van der Waals surface area (Å²) in [5.41, 5.74) is 2.32. The molecule has 3 aromatic rings. The summed E-state index contributed by atoms with van der Waals surface area (Å²) in [4.78, 5) is 19.4. The number of aromatic nitrogens is 2. The van der Waals surface area contributed by atoms with Crippen LogP contribution in [0.25, 0.3) is 10.2 Å². The van der Waals surface area contributed by atoms with Crippen LogP contribution in [-0.2, 0) is 13.6 Å². The number of hydrogen-bond acceptors (Lipinski definition) is 4. The molecular weight excluding hydrogens is 344 g/mol. The second-order valence-electron chi connectivity index (χ2n) is 6.95. The Labute approximate surface area is 157 Å². The summed E-state index contributed by atoms with van der Waals surface area (Å²) in [5, 5.41) is 5.52. The van der Waals surface area contributed by atoms with Gasteiger partial charge < -0.3 is 4.90 Å². The number of benzene rings is 1. The van der Waals surface area contributed by atoms with Crippen LogP contribution in [0.4, 0.5) is 0 Å². The third kappa shape index (κ3) is 3.39. The number of rotatable bonds is 3. The van der Waals surface area contributed by atoms with Crippen LogP contribution in [0.15, 0.2) is 36.4 Å². The van der Waals surface area contributed by atoms with Crippen LogP contribution < -0.4 is 0 Å². The second-order valence-corrected chi connectivity index (χ2v) is 7.98. The minimum Gasteiger partial charge on any atom is -0.337 e. The Bertz CT molecular complexity index is 880. The number of thiophene rings is 1. The maximum absolute atomic E-state index is 13.0. The monoisotopic (exact) mass is 368 g/mol. The van der Waals surface area contributed by atoms with Crippen LogP contribution in [0.3, 0.4) is 0 Å². The van der Waals surface area contributed by atoms with E-state index >= 15 is 0 Å². The van der Waals surface area contributed by atoms with Crippen molar-refractivity contribution >= 4 is 27.5 Å². The second kappa shape index (κ2) is 7.21. The van der Waals surface area contributed by atoms with Crippen molar-refractivity contribution in [2.75, 3.05) is 26.2 Å².